The number of likely N-dealkylation sites (N-methyl/N-ethyl adjacent to an activating group) is 1. The molecule has 0 aliphatic carbocycles. The molecule has 90 valence electrons. The van der Waals surface area contributed by atoms with E-state index < -0.39 is 11.9 Å². The fourth-order valence-corrected chi connectivity index (χ4v) is 1.73. The van der Waals surface area contributed by atoms with Gasteiger partial charge in [-0.2, -0.15) is 0 Å². The van der Waals surface area contributed by atoms with Gasteiger partial charge in [0.2, 0.25) is 5.91 Å². The Bertz CT molecular complexity index is 490. The Kier molecular flexibility index (Phi) is 2.71. The third-order valence-corrected chi connectivity index (χ3v) is 2.65. The van der Waals surface area contributed by atoms with Crippen LogP contribution in [-0.4, -0.2) is 32.7 Å². The average molecular weight is 238 g/mol. The summed E-state index contributed by atoms with van der Waals surface area (Å²) in [5, 5.41) is 0. The Morgan fingerprint density at radius 2 is 2.12 bits per heavy atom. The van der Waals surface area contributed by atoms with Crippen molar-refractivity contribution in [1.29, 1.82) is 0 Å². The number of hydrogen-bond acceptors (Lipinski definition) is 3. The van der Waals surface area contributed by atoms with Crippen molar-refractivity contribution in [1.82, 2.24) is 0 Å². The predicted octanol–water partition coefficient (Wildman–Crippen LogP) is 1.37. The van der Waals surface area contributed by atoms with Crippen molar-refractivity contribution >= 4 is 23.4 Å². The summed E-state index contributed by atoms with van der Waals surface area (Å²) in [5.41, 5.74) is 0.812. The van der Waals surface area contributed by atoms with Gasteiger partial charge < -0.3 is 9.64 Å². The summed E-state index contributed by atoms with van der Waals surface area (Å²) in [7, 11) is 2.79. The average Bonchev–Trinajstić information content (AvgIpc) is 2.32. The quantitative estimate of drug-likeness (QED) is 0.686. The first-order valence-corrected chi connectivity index (χ1v) is 4.96. The Hall–Kier alpha value is -2.11. The maximum absolute atomic E-state index is 13.2. The molecule has 6 heteroatoms. The number of ether oxygens (including phenoxy) is 1. The van der Waals surface area contributed by atoms with Crippen molar-refractivity contribution in [3.8, 4) is 0 Å². The first kappa shape index (κ1) is 11.4. The fourth-order valence-electron chi connectivity index (χ4n) is 1.73. The summed E-state index contributed by atoms with van der Waals surface area (Å²) in [4.78, 5) is 25.7. The second-order valence-electron chi connectivity index (χ2n) is 3.64. The molecule has 0 unspecified atom stereocenters. The predicted molar refractivity (Wildman–Crippen MR) is 59.6 cm³/mol. The summed E-state index contributed by atoms with van der Waals surface area (Å²) in [6.07, 6.45) is -0.682. The minimum atomic E-state index is -0.682. The van der Waals surface area contributed by atoms with E-state index in [1.54, 1.807) is 7.05 Å². The van der Waals surface area contributed by atoms with Crippen molar-refractivity contribution in [3.05, 3.63) is 24.0 Å². The molecular formula is C11H11FN2O3. The lowest BCUT2D eigenvalue weighted by Crippen LogP contribution is -2.46. The van der Waals surface area contributed by atoms with E-state index in [1.165, 1.54) is 30.2 Å². The minimum Gasteiger partial charge on any atom is -0.452 e. The molecule has 0 N–H and O–H groups in total. The molecule has 1 aliphatic rings. The number of benzene rings is 1. The highest BCUT2D eigenvalue weighted by atomic mass is 19.1. The van der Waals surface area contributed by atoms with E-state index in [4.69, 9.17) is 0 Å². The van der Waals surface area contributed by atoms with Gasteiger partial charge in [0, 0.05) is 7.05 Å². The third-order valence-electron chi connectivity index (χ3n) is 2.65. The van der Waals surface area contributed by atoms with Gasteiger partial charge in [-0.25, -0.2) is 9.18 Å². The van der Waals surface area contributed by atoms with E-state index in [0.717, 1.165) is 4.90 Å². The highest BCUT2D eigenvalue weighted by Gasteiger charge is 2.31. The van der Waals surface area contributed by atoms with Crippen LogP contribution in [0.5, 0.6) is 0 Å². The molecule has 0 bridgehead atoms. The van der Waals surface area contributed by atoms with Crippen LogP contribution in [0.1, 0.15) is 0 Å². The van der Waals surface area contributed by atoms with E-state index in [9.17, 15) is 14.0 Å². The molecular weight excluding hydrogens is 227 g/mol. The second-order valence-corrected chi connectivity index (χ2v) is 3.64. The summed E-state index contributed by atoms with van der Waals surface area (Å²) in [5.74, 6) is -0.727. The lowest BCUT2D eigenvalue weighted by Gasteiger charge is -2.33. The molecule has 1 aliphatic heterocycles. The number of anilines is 2. The van der Waals surface area contributed by atoms with Gasteiger partial charge in [0.05, 0.1) is 18.5 Å². The van der Waals surface area contributed by atoms with Gasteiger partial charge in [0.15, 0.2) is 0 Å². The topological polar surface area (TPSA) is 49.9 Å². The van der Waals surface area contributed by atoms with Gasteiger partial charge >= 0.3 is 6.09 Å². The molecule has 0 saturated heterocycles. The summed E-state index contributed by atoms with van der Waals surface area (Å²) in [6, 6.07) is 3.90. The largest absolute Gasteiger partial charge is 0.452 e. The number of hydrogen-bond donors (Lipinski definition) is 0. The molecule has 5 nitrogen and oxygen atoms in total. The smallest absolute Gasteiger partial charge is 0.414 e. The van der Waals surface area contributed by atoms with Crippen molar-refractivity contribution < 1.29 is 18.7 Å². The zero-order chi connectivity index (χ0) is 12.6. The van der Waals surface area contributed by atoms with Crippen molar-refractivity contribution in [2.45, 2.75) is 0 Å². The van der Waals surface area contributed by atoms with E-state index in [-0.39, 0.29) is 12.5 Å². The Morgan fingerprint density at radius 1 is 1.41 bits per heavy atom. The lowest BCUT2D eigenvalue weighted by atomic mass is 10.1. The van der Waals surface area contributed by atoms with Crippen molar-refractivity contribution in [2.24, 2.45) is 0 Å². The van der Waals surface area contributed by atoms with E-state index in [2.05, 4.69) is 4.74 Å². The number of methoxy groups -OCH3 is 1. The van der Waals surface area contributed by atoms with Crippen LogP contribution in [0.15, 0.2) is 18.2 Å². The lowest BCUT2D eigenvalue weighted by molar-refractivity contribution is -0.117. The van der Waals surface area contributed by atoms with Crippen LogP contribution in [0, 0.1) is 5.82 Å². The summed E-state index contributed by atoms with van der Waals surface area (Å²) < 4.78 is 17.7. The van der Waals surface area contributed by atoms with Gasteiger partial charge in [-0.05, 0) is 18.2 Å². The first-order valence-electron chi connectivity index (χ1n) is 4.96. The van der Waals surface area contributed by atoms with Gasteiger partial charge in [-0.1, -0.05) is 0 Å². The van der Waals surface area contributed by atoms with Gasteiger partial charge in [0.1, 0.15) is 12.4 Å². The molecule has 0 fully saturated rings. The number of fused-ring (bicyclic) bond motifs is 1. The molecule has 2 amide bonds. The van der Waals surface area contributed by atoms with E-state index in [0.29, 0.717) is 11.4 Å². The number of halogens is 1. The van der Waals surface area contributed by atoms with Crippen molar-refractivity contribution in [2.75, 3.05) is 30.5 Å². The standard InChI is InChI=1S/C11H11FN2O3/c1-13-8-4-3-7(12)5-9(8)14(6-10(13)15)11(16)17-2/h3-5H,6H2,1-2H3. The normalized spacial score (nSPS) is 14.6. The van der Waals surface area contributed by atoms with Crippen molar-refractivity contribution in [3.63, 3.8) is 0 Å². The Balaban J connectivity index is 2.53. The van der Waals surface area contributed by atoms with Gasteiger partial charge in [-0.3, -0.25) is 9.69 Å². The van der Waals surface area contributed by atoms with Gasteiger partial charge in [0.25, 0.3) is 0 Å². The third kappa shape index (κ3) is 1.82. The molecule has 0 atom stereocenters. The molecule has 2 rings (SSSR count). The molecule has 1 aromatic rings. The summed E-state index contributed by atoms with van der Waals surface area (Å²) in [6.45, 7) is -0.153. The Labute approximate surface area is 97.4 Å². The maximum Gasteiger partial charge on any atom is 0.414 e. The Morgan fingerprint density at radius 3 is 2.76 bits per heavy atom. The molecule has 0 spiro atoms. The van der Waals surface area contributed by atoms with Crippen LogP contribution in [0.3, 0.4) is 0 Å². The minimum absolute atomic E-state index is 0.153. The molecule has 17 heavy (non-hydrogen) atoms. The fraction of sp³-hybridized carbons (Fsp3) is 0.273. The molecule has 0 radical (unpaired) electrons. The highest BCUT2D eigenvalue weighted by Crippen LogP contribution is 2.33. The molecule has 0 saturated carbocycles. The second kappa shape index (κ2) is 4.04. The van der Waals surface area contributed by atoms with Crippen LogP contribution in [0.2, 0.25) is 0 Å². The van der Waals surface area contributed by atoms with Crippen LogP contribution >= 0.6 is 0 Å². The number of rotatable bonds is 0. The van der Waals surface area contributed by atoms with Gasteiger partial charge in [-0.15, -0.1) is 0 Å². The zero-order valence-electron chi connectivity index (χ0n) is 9.44. The molecule has 1 aromatic carbocycles. The van der Waals surface area contributed by atoms with Crippen LogP contribution in [0.25, 0.3) is 0 Å². The number of carbonyl (C=O) groups excluding carboxylic acids is 2. The van der Waals surface area contributed by atoms with Crippen LogP contribution in [-0.2, 0) is 9.53 Å². The number of nitrogens with zero attached hydrogens (tertiary/aromatic N) is 2. The zero-order valence-corrected chi connectivity index (χ0v) is 9.44. The van der Waals surface area contributed by atoms with Crippen LogP contribution < -0.4 is 9.80 Å². The van der Waals surface area contributed by atoms with E-state index >= 15 is 0 Å². The summed E-state index contributed by atoms with van der Waals surface area (Å²) >= 11 is 0. The molecule has 0 aromatic heterocycles. The first-order chi connectivity index (χ1) is 8.04. The monoisotopic (exact) mass is 238 g/mol. The van der Waals surface area contributed by atoms with E-state index in [1.807, 2.05) is 0 Å². The number of amides is 2. The SMILES string of the molecule is COC(=O)N1CC(=O)N(C)c2ccc(F)cc21. The number of carbonyl (C=O) groups is 2. The highest BCUT2D eigenvalue weighted by molar-refractivity contribution is 6.09. The van der Waals surface area contributed by atoms with Crippen LogP contribution in [0.4, 0.5) is 20.6 Å². The molecule has 1 heterocycles. The maximum atomic E-state index is 13.2.